The first-order valence-electron chi connectivity index (χ1n) is 11.9. The third-order valence-corrected chi connectivity index (χ3v) is 7.48. The Morgan fingerprint density at radius 2 is 1.58 bits per heavy atom. The molecule has 1 N–H and O–H groups in total. The molecule has 0 spiro atoms. The van der Waals surface area contributed by atoms with Crippen molar-refractivity contribution in [3.05, 3.63) is 34.9 Å². The molecular weight excluding hydrogens is 412 g/mol. The van der Waals surface area contributed by atoms with Crippen LogP contribution in [-0.4, -0.2) is 91.7 Å². The lowest BCUT2D eigenvalue weighted by molar-refractivity contribution is -0.124. The zero-order valence-electron chi connectivity index (χ0n) is 18.7. The van der Waals surface area contributed by atoms with Crippen LogP contribution >= 0.6 is 11.6 Å². The van der Waals surface area contributed by atoms with Gasteiger partial charge in [0.05, 0.1) is 19.8 Å². The van der Waals surface area contributed by atoms with Crippen LogP contribution in [0, 0.1) is 0 Å². The quantitative estimate of drug-likeness (QED) is 0.694. The fourth-order valence-electron chi connectivity index (χ4n) is 5.33. The second kappa shape index (κ2) is 11.1. The number of piperazine rings is 1. The minimum absolute atomic E-state index is 0.134. The highest BCUT2D eigenvalue weighted by atomic mass is 35.5. The molecule has 6 nitrogen and oxygen atoms in total. The van der Waals surface area contributed by atoms with E-state index in [1.54, 1.807) is 0 Å². The lowest BCUT2D eigenvalue weighted by Gasteiger charge is -2.48. The van der Waals surface area contributed by atoms with E-state index in [1.165, 1.54) is 37.7 Å². The second-order valence-corrected chi connectivity index (χ2v) is 9.78. The number of halogens is 1. The van der Waals surface area contributed by atoms with Crippen molar-refractivity contribution in [1.29, 1.82) is 0 Å². The predicted octanol–water partition coefficient (Wildman–Crippen LogP) is 2.61. The Balaban J connectivity index is 1.21. The number of hydrogen-bond donors (Lipinski definition) is 1. The van der Waals surface area contributed by atoms with Crippen molar-refractivity contribution < 1.29 is 9.53 Å². The van der Waals surface area contributed by atoms with Crippen LogP contribution in [0.4, 0.5) is 0 Å². The van der Waals surface area contributed by atoms with Gasteiger partial charge in [-0.15, -0.1) is 0 Å². The van der Waals surface area contributed by atoms with Crippen LogP contribution in [0.2, 0.25) is 5.02 Å². The lowest BCUT2D eigenvalue weighted by atomic mass is 9.79. The van der Waals surface area contributed by atoms with E-state index in [4.69, 9.17) is 16.3 Å². The third kappa shape index (κ3) is 6.42. The van der Waals surface area contributed by atoms with Crippen LogP contribution in [0.5, 0.6) is 0 Å². The van der Waals surface area contributed by atoms with Crippen molar-refractivity contribution in [2.75, 3.05) is 65.6 Å². The van der Waals surface area contributed by atoms with Gasteiger partial charge in [-0.1, -0.05) is 43.0 Å². The van der Waals surface area contributed by atoms with E-state index in [0.717, 1.165) is 70.6 Å². The van der Waals surface area contributed by atoms with Crippen molar-refractivity contribution in [2.45, 2.75) is 44.2 Å². The van der Waals surface area contributed by atoms with Crippen LogP contribution < -0.4 is 5.32 Å². The van der Waals surface area contributed by atoms with Gasteiger partial charge in [0.25, 0.3) is 0 Å². The summed E-state index contributed by atoms with van der Waals surface area (Å²) < 4.78 is 5.57. The first-order chi connectivity index (χ1) is 15.1. The highest BCUT2D eigenvalue weighted by Gasteiger charge is 2.38. The molecule has 0 aromatic heterocycles. The van der Waals surface area contributed by atoms with E-state index in [-0.39, 0.29) is 11.4 Å². The number of nitrogens with zero attached hydrogens (tertiary/aromatic N) is 3. The van der Waals surface area contributed by atoms with Crippen LogP contribution in [0.3, 0.4) is 0 Å². The van der Waals surface area contributed by atoms with Gasteiger partial charge in [-0.2, -0.15) is 0 Å². The standard InChI is InChI=1S/C24H37ClN4O2/c25-22-6-4-21(5-7-22)18-27-10-12-28(13-11-27)19-23(30)26-20-24(8-2-1-3-9-24)29-14-16-31-17-15-29/h4-7H,1-3,8-20H2,(H,26,30). The summed E-state index contributed by atoms with van der Waals surface area (Å²) in [5.41, 5.74) is 1.42. The maximum atomic E-state index is 12.8. The highest BCUT2D eigenvalue weighted by Crippen LogP contribution is 2.33. The molecule has 31 heavy (non-hydrogen) atoms. The van der Waals surface area contributed by atoms with Gasteiger partial charge in [0.1, 0.15) is 0 Å². The lowest BCUT2D eigenvalue weighted by Crippen LogP contribution is -2.60. The number of benzene rings is 1. The van der Waals surface area contributed by atoms with Crippen molar-refractivity contribution >= 4 is 17.5 Å². The van der Waals surface area contributed by atoms with E-state index in [2.05, 4.69) is 32.1 Å². The Morgan fingerprint density at radius 1 is 0.935 bits per heavy atom. The average Bonchev–Trinajstić information content (AvgIpc) is 2.82. The molecule has 1 aromatic carbocycles. The van der Waals surface area contributed by atoms with Gasteiger partial charge >= 0.3 is 0 Å². The number of carbonyl (C=O) groups excluding carboxylic acids is 1. The molecule has 7 heteroatoms. The fourth-order valence-corrected chi connectivity index (χ4v) is 5.45. The molecule has 1 aromatic rings. The number of ether oxygens (including phenoxy) is 1. The smallest absolute Gasteiger partial charge is 0.234 e. The predicted molar refractivity (Wildman–Crippen MR) is 124 cm³/mol. The van der Waals surface area contributed by atoms with E-state index in [1.807, 2.05) is 12.1 Å². The molecule has 0 atom stereocenters. The Hall–Kier alpha value is -1.18. The topological polar surface area (TPSA) is 48.1 Å². The van der Waals surface area contributed by atoms with Gasteiger partial charge in [-0.05, 0) is 30.5 Å². The molecule has 0 bridgehead atoms. The number of morpholine rings is 1. The van der Waals surface area contributed by atoms with E-state index >= 15 is 0 Å². The normalized spacial score (nSPS) is 23.5. The second-order valence-electron chi connectivity index (χ2n) is 9.34. The van der Waals surface area contributed by atoms with Crippen LogP contribution in [0.25, 0.3) is 0 Å². The maximum absolute atomic E-state index is 12.8. The molecule has 1 amide bonds. The summed E-state index contributed by atoms with van der Waals surface area (Å²) >= 11 is 5.98. The molecule has 2 aliphatic heterocycles. The summed E-state index contributed by atoms with van der Waals surface area (Å²) in [6.07, 6.45) is 6.24. The van der Waals surface area contributed by atoms with Gasteiger partial charge in [-0.3, -0.25) is 19.5 Å². The molecule has 2 saturated heterocycles. The maximum Gasteiger partial charge on any atom is 0.234 e. The van der Waals surface area contributed by atoms with Gasteiger partial charge in [0.15, 0.2) is 0 Å². The molecular formula is C24H37ClN4O2. The Bertz CT molecular complexity index is 694. The third-order valence-electron chi connectivity index (χ3n) is 7.23. The minimum atomic E-state index is 0.134. The molecule has 2 heterocycles. The molecule has 1 saturated carbocycles. The molecule has 3 fully saturated rings. The summed E-state index contributed by atoms with van der Waals surface area (Å²) in [5, 5.41) is 4.09. The first-order valence-corrected chi connectivity index (χ1v) is 12.3. The summed E-state index contributed by atoms with van der Waals surface area (Å²) in [4.78, 5) is 20.1. The van der Waals surface area contributed by atoms with Crippen molar-refractivity contribution in [3.63, 3.8) is 0 Å². The van der Waals surface area contributed by atoms with Gasteiger partial charge in [-0.25, -0.2) is 0 Å². The fraction of sp³-hybridized carbons (Fsp3) is 0.708. The van der Waals surface area contributed by atoms with E-state index in [9.17, 15) is 4.79 Å². The molecule has 0 unspecified atom stereocenters. The number of rotatable bonds is 7. The monoisotopic (exact) mass is 448 g/mol. The number of carbonyl (C=O) groups is 1. The zero-order valence-corrected chi connectivity index (χ0v) is 19.4. The molecule has 1 aliphatic carbocycles. The molecule has 172 valence electrons. The SMILES string of the molecule is O=C(CN1CCN(Cc2ccc(Cl)cc2)CC1)NCC1(N2CCOCC2)CCCCC1. The van der Waals surface area contributed by atoms with E-state index in [0.29, 0.717) is 6.54 Å². The Labute approximate surface area is 191 Å². The number of hydrogen-bond acceptors (Lipinski definition) is 5. The van der Waals surface area contributed by atoms with Gasteiger partial charge < -0.3 is 10.1 Å². The largest absolute Gasteiger partial charge is 0.379 e. The highest BCUT2D eigenvalue weighted by molar-refractivity contribution is 6.30. The number of amides is 1. The summed E-state index contributed by atoms with van der Waals surface area (Å²) in [7, 11) is 0. The van der Waals surface area contributed by atoms with Crippen LogP contribution in [0.15, 0.2) is 24.3 Å². The van der Waals surface area contributed by atoms with Crippen LogP contribution in [-0.2, 0) is 16.1 Å². The van der Waals surface area contributed by atoms with Crippen molar-refractivity contribution in [2.24, 2.45) is 0 Å². The molecule has 0 radical (unpaired) electrons. The van der Waals surface area contributed by atoms with Gasteiger partial charge in [0.2, 0.25) is 5.91 Å². The summed E-state index contributed by atoms with van der Waals surface area (Å²) in [6.45, 7) is 9.71. The summed E-state index contributed by atoms with van der Waals surface area (Å²) in [6, 6.07) is 8.09. The molecule has 4 rings (SSSR count). The zero-order chi connectivity index (χ0) is 21.5. The molecule has 3 aliphatic rings. The summed E-state index contributed by atoms with van der Waals surface area (Å²) in [5.74, 6) is 0.171. The van der Waals surface area contributed by atoms with Crippen molar-refractivity contribution in [3.8, 4) is 0 Å². The Kier molecular flexibility index (Phi) is 8.24. The first kappa shape index (κ1) is 23.0. The average molecular weight is 449 g/mol. The van der Waals surface area contributed by atoms with Gasteiger partial charge in [0, 0.05) is 62.9 Å². The number of nitrogens with one attached hydrogen (secondary N) is 1. The van der Waals surface area contributed by atoms with Crippen molar-refractivity contribution in [1.82, 2.24) is 20.0 Å². The minimum Gasteiger partial charge on any atom is -0.379 e. The Morgan fingerprint density at radius 3 is 2.26 bits per heavy atom. The van der Waals surface area contributed by atoms with Crippen LogP contribution in [0.1, 0.15) is 37.7 Å². The van der Waals surface area contributed by atoms with E-state index < -0.39 is 0 Å².